The SMILES string of the molecule is Cn1cc(CNCC(O)c2ccco2)c(-c2ccccc2Cl)n1. The monoisotopic (exact) mass is 331 g/mol. The number of aliphatic hydroxyl groups is 1. The molecule has 3 rings (SSSR count). The van der Waals surface area contributed by atoms with Crippen LogP contribution in [0.5, 0.6) is 0 Å². The molecule has 3 aromatic rings. The highest BCUT2D eigenvalue weighted by Gasteiger charge is 2.14. The molecule has 2 aromatic heterocycles. The number of aliphatic hydroxyl groups excluding tert-OH is 1. The minimum Gasteiger partial charge on any atom is -0.467 e. The van der Waals surface area contributed by atoms with Crippen LogP contribution in [0.15, 0.2) is 53.3 Å². The summed E-state index contributed by atoms with van der Waals surface area (Å²) in [6, 6.07) is 11.1. The van der Waals surface area contributed by atoms with Gasteiger partial charge in [0, 0.05) is 37.5 Å². The first kappa shape index (κ1) is 15.8. The predicted octanol–water partition coefficient (Wildman–Crippen LogP) is 3.16. The molecule has 1 unspecified atom stereocenters. The second-order valence-electron chi connectivity index (χ2n) is 5.32. The van der Waals surface area contributed by atoms with Gasteiger partial charge in [-0.2, -0.15) is 5.10 Å². The van der Waals surface area contributed by atoms with Gasteiger partial charge in [0.2, 0.25) is 0 Å². The first-order valence-corrected chi connectivity index (χ1v) is 7.72. The number of hydrogen-bond donors (Lipinski definition) is 2. The van der Waals surface area contributed by atoms with Crippen LogP contribution in [-0.2, 0) is 13.6 Å². The van der Waals surface area contributed by atoms with Gasteiger partial charge in [-0.05, 0) is 18.2 Å². The number of aryl methyl sites for hydroxylation is 1. The Balaban J connectivity index is 1.70. The zero-order chi connectivity index (χ0) is 16.2. The van der Waals surface area contributed by atoms with Crippen LogP contribution < -0.4 is 5.32 Å². The lowest BCUT2D eigenvalue weighted by molar-refractivity contribution is 0.147. The number of nitrogens with zero attached hydrogens (tertiary/aromatic N) is 2. The molecule has 120 valence electrons. The van der Waals surface area contributed by atoms with Crippen molar-refractivity contribution in [1.29, 1.82) is 0 Å². The van der Waals surface area contributed by atoms with Gasteiger partial charge < -0.3 is 14.8 Å². The second-order valence-corrected chi connectivity index (χ2v) is 5.73. The highest BCUT2D eigenvalue weighted by molar-refractivity contribution is 6.33. The Kier molecular flexibility index (Phi) is 4.81. The fraction of sp³-hybridized carbons (Fsp3) is 0.235. The number of benzene rings is 1. The van der Waals surface area contributed by atoms with E-state index in [4.69, 9.17) is 16.0 Å². The average Bonchev–Trinajstić information content (AvgIpc) is 3.17. The lowest BCUT2D eigenvalue weighted by Crippen LogP contribution is -2.20. The molecule has 2 N–H and O–H groups in total. The maximum atomic E-state index is 10.0. The largest absolute Gasteiger partial charge is 0.467 e. The Labute approximate surface area is 139 Å². The first-order chi connectivity index (χ1) is 11.1. The van der Waals surface area contributed by atoms with Gasteiger partial charge in [-0.1, -0.05) is 29.8 Å². The molecule has 0 fully saturated rings. The maximum absolute atomic E-state index is 10.0. The second kappa shape index (κ2) is 7.00. The minimum absolute atomic E-state index is 0.393. The Morgan fingerprint density at radius 1 is 1.30 bits per heavy atom. The van der Waals surface area contributed by atoms with Gasteiger partial charge in [0.15, 0.2) is 0 Å². The number of aromatic nitrogens is 2. The third kappa shape index (κ3) is 3.64. The van der Waals surface area contributed by atoms with Gasteiger partial charge in [0.05, 0.1) is 17.0 Å². The van der Waals surface area contributed by atoms with Crippen molar-refractivity contribution in [1.82, 2.24) is 15.1 Å². The number of nitrogens with one attached hydrogen (secondary N) is 1. The van der Waals surface area contributed by atoms with Crippen molar-refractivity contribution in [3.8, 4) is 11.3 Å². The quantitative estimate of drug-likeness (QED) is 0.728. The van der Waals surface area contributed by atoms with Gasteiger partial charge in [0.25, 0.3) is 0 Å². The highest BCUT2D eigenvalue weighted by Crippen LogP contribution is 2.28. The first-order valence-electron chi connectivity index (χ1n) is 7.34. The van der Waals surface area contributed by atoms with E-state index in [9.17, 15) is 5.11 Å². The van der Waals surface area contributed by atoms with Gasteiger partial charge in [0.1, 0.15) is 11.9 Å². The summed E-state index contributed by atoms with van der Waals surface area (Å²) in [5, 5.41) is 18.4. The van der Waals surface area contributed by atoms with Crippen molar-refractivity contribution in [2.75, 3.05) is 6.54 Å². The molecule has 0 radical (unpaired) electrons. The van der Waals surface area contributed by atoms with Crippen molar-refractivity contribution in [3.63, 3.8) is 0 Å². The van der Waals surface area contributed by atoms with E-state index in [1.165, 1.54) is 0 Å². The molecule has 0 saturated heterocycles. The smallest absolute Gasteiger partial charge is 0.133 e. The fourth-order valence-corrected chi connectivity index (χ4v) is 2.70. The Morgan fingerprint density at radius 2 is 2.13 bits per heavy atom. The highest BCUT2D eigenvalue weighted by atomic mass is 35.5. The van der Waals surface area contributed by atoms with Crippen LogP contribution in [0.25, 0.3) is 11.3 Å². The summed E-state index contributed by atoms with van der Waals surface area (Å²) >= 11 is 6.27. The topological polar surface area (TPSA) is 63.2 Å². The van der Waals surface area contributed by atoms with E-state index in [2.05, 4.69) is 10.4 Å². The van der Waals surface area contributed by atoms with Gasteiger partial charge in [-0.3, -0.25) is 4.68 Å². The molecular weight excluding hydrogens is 314 g/mol. The fourth-order valence-electron chi connectivity index (χ4n) is 2.47. The molecule has 23 heavy (non-hydrogen) atoms. The Morgan fingerprint density at radius 3 is 2.87 bits per heavy atom. The summed E-state index contributed by atoms with van der Waals surface area (Å²) in [7, 11) is 1.88. The van der Waals surface area contributed by atoms with E-state index in [0.717, 1.165) is 16.8 Å². The summed E-state index contributed by atoms with van der Waals surface area (Å²) in [6.45, 7) is 0.969. The molecule has 1 atom stereocenters. The Bertz CT molecular complexity index is 768. The number of halogens is 1. The Hall–Kier alpha value is -2.08. The van der Waals surface area contributed by atoms with Crippen LogP contribution in [-0.4, -0.2) is 21.4 Å². The number of rotatable bonds is 6. The molecular formula is C17H18ClN3O2. The summed E-state index contributed by atoms with van der Waals surface area (Å²) in [5.41, 5.74) is 2.77. The molecule has 0 aliphatic heterocycles. The third-order valence-corrected chi connectivity index (χ3v) is 3.89. The molecule has 2 heterocycles. The minimum atomic E-state index is -0.676. The van der Waals surface area contributed by atoms with Crippen LogP contribution in [0.4, 0.5) is 0 Å². The van der Waals surface area contributed by atoms with Crippen LogP contribution in [0.1, 0.15) is 17.4 Å². The predicted molar refractivity (Wildman–Crippen MR) is 89.0 cm³/mol. The third-order valence-electron chi connectivity index (χ3n) is 3.56. The summed E-state index contributed by atoms with van der Waals surface area (Å²) < 4.78 is 6.95. The lowest BCUT2D eigenvalue weighted by atomic mass is 10.1. The summed E-state index contributed by atoms with van der Waals surface area (Å²) in [6.07, 6.45) is 2.82. The molecule has 0 aliphatic carbocycles. The van der Waals surface area contributed by atoms with E-state index in [1.807, 2.05) is 37.5 Å². The zero-order valence-corrected chi connectivity index (χ0v) is 13.5. The lowest BCUT2D eigenvalue weighted by Gasteiger charge is -2.10. The van der Waals surface area contributed by atoms with E-state index in [-0.39, 0.29) is 0 Å². The maximum Gasteiger partial charge on any atom is 0.133 e. The van der Waals surface area contributed by atoms with Crippen molar-refractivity contribution in [2.24, 2.45) is 7.05 Å². The standard InChI is InChI=1S/C17H18ClN3O2/c1-21-11-12(9-19-10-15(22)16-7-4-8-23-16)17(20-21)13-5-2-3-6-14(13)18/h2-8,11,15,19,22H,9-10H2,1H3. The summed E-state index contributed by atoms with van der Waals surface area (Å²) in [4.78, 5) is 0. The molecule has 0 bridgehead atoms. The van der Waals surface area contributed by atoms with Crippen LogP contribution >= 0.6 is 11.6 Å². The van der Waals surface area contributed by atoms with E-state index >= 15 is 0 Å². The van der Waals surface area contributed by atoms with E-state index < -0.39 is 6.10 Å². The molecule has 0 amide bonds. The molecule has 0 spiro atoms. The molecule has 5 nitrogen and oxygen atoms in total. The van der Waals surface area contributed by atoms with Crippen molar-refractivity contribution < 1.29 is 9.52 Å². The molecule has 0 saturated carbocycles. The van der Waals surface area contributed by atoms with E-state index in [1.54, 1.807) is 23.1 Å². The molecule has 1 aromatic carbocycles. The average molecular weight is 332 g/mol. The normalized spacial score (nSPS) is 12.5. The van der Waals surface area contributed by atoms with Crippen molar-refractivity contribution >= 4 is 11.6 Å². The summed E-state index contributed by atoms with van der Waals surface area (Å²) in [5.74, 6) is 0.551. The van der Waals surface area contributed by atoms with Crippen LogP contribution in [0, 0.1) is 0 Å². The molecule has 0 aliphatic rings. The van der Waals surface area contributed by atoms with Gasteiger partial charge >= 0.3 is 0 Å². The van der Waals surface area contributed by atoms with Crippen molar-refractivity contribution in [3.05, 3.63) is 65.2 Å². The molecule has 6 heteroatoms. The van der Waals surface area contributed by atoms with Crippen molar-refractivity contribution in [2.45, 2.75) is 12.6 Å². The number of furan rings is 1. The van der Waals surface area contributed by atoms with Gasteiger partial charge in [-0.25, -0.2) is 0 Å². The zero-order valence-electron chi connectivity index (χ0n) is 12.7. The van der Waals surface area contributed by atoms with Crippen LogP contribution in [0.3, 0.4) is 0 Å². The van der Waals surface area contributed by atoms with Gasteiger partial charge in [-0.15, -0.1) is 0 Å². The number of hydrogen-bond acceptors (Lipinski definition) is 4. The van der Waals surface area contributed by atoms with E-state index in [0.29, 0.717) is 23.9 Å². The van der Waals surface area contributed by atoms with Crippen LogP contribution in [0.2, 0.25) is 5.02 Å².